The molecule has 1 unspecified atom stereocenters. The van der Waals surface area contributed by atoms with E-state index in [2.05, 4.69) is 43.1 Å². The SMILES string of the molecule is Cc1cnc(CC(C)c2ccc(=O)n(C)c2)c2ccccc12. The first-order chi connectivity index (χ1) is 10.6. The molecule has 0 amide bonds. The predicted molar refractivity (Wildman–Crippen MR) is 90.3 cm³/mol. The number of fused-ring (bicyclic) bond motifs is 1. The molecule has 0 aliphatic carbocycles. The number of rotatable bonds is 3. The minimum Gasteiger partial charge on any atom is -0.318 e. The van der Waals surface area contributed by atoms with Gasteiger partial charge in [0.05, 0.1) is 0 Å². The van der Waals surface area contributed by atoms with E-state index in [0.29, 0.717) is 5.92 Å². The van der Waals surface area contributed by atoms with Gasteiger partial charge in [-0.2, -0.15) is 0 Å². The standard InChI is InChI=1S/C19H20N2O/c1-13(15-8-9-19(22)21(3)12-15)10-18-17-7-5-4-6-16(17)14(2)11-20-18/h4-9,11-13H,10H2,1-3H3. The topological polar surface area (TPSA) is 34.9 Å². The minimum atomic E-state index is 0.0230. The molecule has 22 heavy (non-hydrogen) atoms. The molecule has 112 valence electrons. The summed E-state index contributed by atoms with van der Waals surface area (Å²) in [5, 5.41) is 2.49. The van der Waals surface area contributed by atoms with Crippen LogP contribution in [0.5, 0.6) is 0 Å². The third-order valence-corrected chi connectivity index (χ3v) is 4.25. The Labute approximate surface area is 130 Å². The van der Waals surface area contributed by atoms with Crippen molar-refractivity contribution in [1.82, 2.24) is 9.55 Å². The van der Waals surface area contributed by atoms with Crippen LogP contribution in [0.3, 0.4) is 0 Å². The summed E-state index contributed by atoms with van der Waals surface area (Å²) in [6, 6.07) is 12.0. The van der Waals surface area contributed by atoms with Crippen molar-refractivity contribution in [2.45, 2.75) is 26.2 Å². The molecule has 3 rings (SSSR count). The second kappa shape index (κ2) is 5.76. The predicted octanol–water partition coefficient (Wildman–Crippen LogP) is 3.59. The molecule has 1 aromatic carbocycles. The average Bonchev–Trinajstić information content (AvgIpc) is 2.53. The highest BCUT2D eigenvalue weighted by Crippen LogP contribution is 2.25. The molecule has 0 N–H and O–H groups in total. The second-order valence-corrected chi connectivity index (χ2v) is 5.95. The highest BCUT2D eigenvalue weighted by molar-refractivity contribution is 5.87. The monoisotopic (exact) mass is 292 g/mol. The fraction of sp³-hybridized carbons (Fsp3) is 0.263. The van der Waals surface area contributed by atoms with Crippen LogP contribution < -0.4 is 5.56 Å². The summed E-state index contributed by atoms with van der Waals surface area (Å²) >= 11 is 0. The first-order valence-corrected chi connectivity index (χ1v) is 7.56. The van der Waals surface area contributed by atoms with Crippen LogP contribution in [-0.4, -0.2) is 9.55 Å². The minimum absolute atomic E-state index is 0.0230. The average molecular weight is 292 g/mol. The Hall–Kier alpha value is -2.42. The molecule has 0 aliphatic heterocycles. The molecule has 0 aliphatic rings. The number of nitrogens with zero attached hydrogens (tertiary/aromatic N) is 2. The van der Waals surface area contributed by atoms with Crippen LogP contribution in [-0.2, 0) is 13.5 Å². The Morgan fingerprint density at radius 1 is 1.14 bits per heavy atom. The number of hydrogen-bond donors (Lipinski definition) is 0. The van der Waals surface area contributed by atoms with Crippen molar-refractivity contribution >= 4 is 10.8 Å². The molecule has 0 saturated heterocycles. The van der Waals surface area contributed by atoms with Gasteiger partial charge in [-0.25, -0.2) is 0 Å². The second-order valence-electron chi connectivity index (χ2n) is 5.95. The Morgan fingerprint density at radius 3 is 2.59 bits per heavy atom. The number of aromatic nitrogens is 2. The van der Waals surface area contributed by atoms with Crippen molar-refractivity contribution in [3.63, 3.8) is 0 Å². The Morgan fingerprint density at radius 2 is 1.86 bits per heavy atom. The van der Waals surface area contributed by atoms with E-state index >= 15 is 0 Å². The largest absolute Gasteiger partial charge is 0.318 e. The van der Waals surface area contributed by atoms with Gasteiger partial charge in [0.25, 0.3) is 0 Å². The van der Waals surface area contributed by atoms with Gasteiger partial charge in [0.2, 0.25) is 5.56 Å². The van der Waals surface area contributed by atoms with Crippen molar-refractivity contribution in [3.8, 4) is 0 Å². The molecule has 0 fully saturated rings. The summed E-state index contributed by atoms with van der Waals surface area (Å²) in [7, 11) is 1.79. The fourth-order valence-electron chi connectivity index (χ4n) is 2.87. The molecule has 2 heterocycles. The van der Waals surface area contributed by atoms with E-state index in [-0.39, 0.29) is 5.56 Å². The molecule has 1 atom stereocenters. The highest BCUT2D eigenvalue weighted by Gasteiger charge is 2.12. The molecule has 0 radical (unpaired) electrons. The van der Waals surface area contributed by atoms with Crippen LogP contribution in [0.1, 0.15) is 29.7 Å². The Balaban J connectivity index is 1.97. The van der Waals surface area contributed by atoms with E-state index in [1.165, 1.54) is 16.3 Å². The maximum atomic E-state index is 11.5. The number of aryl methyl sites for hydroxylation is 2. The zero-order valence-electron chi connectivity index (χ0n) is 13.2. The first-order valence-electron chi connectivity index (χ1n) is 7.56. The first kappa shape index (κ1) is 14.5. The van der Waals surface area contributed by atoms with E-state index in [1.54, 1.807) is 17.7 Å². The maximum absolute atomic E-state index is 11.5. The number of hydrogen-bond acceptors (Lipinski definition) is 2. The van der Waals surface area contributed by atoms with E-state index in [0.717, 1.165) is 17.7 Å². The van der Waals surface area contributed by atoms with E-state index in [1.807, 2.05) is 18.5 Å². The van der Waals surface area contributed by atoms with Gasteiger partial charge in [-0.05, 0) is 35.8 Å². The fourth-order valence-corrected chi connectivity index (χ4v) is 2.87. The third-order valence-electron chi connectivity index (χ3n) is 4.25. The third kappa shape index (κ3) is 2.67. The Kier molecular flexibility index (Phi) is 3.80. The Bertz CT molecular complexity index is 880. The summed E-state index contributed by atoms with van der Waals surface area (Å²) in [5.74, 6) is 0.311. The van der Waals surface area contributed by atoms with Gasteiger partial charge in [-0.1, -0.05) is 37.3 Å². The lowest BCUT2D eigenvalue weighted by molar-refractivity contribution is 0.722. The van der Waals surface area contributed by atoms with Gasteiger partial charge in [0.15, 0.2) is 0 Å². The quantitative estimate of drug-likeness (QED) is 0.739. The number of pyridine rings is 2. The van der Waals surface area contributed by atoms with Crippen LogP contribution in [0.2, 0.25) is 0 Å². The molecular formula is C19H20N2O. The zero-order valence-corrected chi connectivity index (χ0v) is 13.2. The molecule has 0 spiro atoms. The van der Waals surface area contributed by atoms with Gasteiger partial charge in [0.1, 0.15) is 0 Å². The molecule has 3 aromatic rings. The van der Waals surface area contributed by atoms with Gasteiger partial charge in [-0.15, -0.1) is 0 Å². The van der Waals surface area contributed by atoms with Crippen LogP contribution in [0, 0.1) is 6.92 Å². The van der Waals surface area contributed by atoms with E-state index < -0.39 is 0 Å². The van der Waals surface area contributed by atoms with Crippen molar-refractivity contribution in [1.29, 1.82) is 0 Å². The van der Waals surface area contributed by atoms with Crippen molar-refractivity contribution < 1.29 is 0 Å². The molecule has 3 nitrogen and oxygen atoms in total. The summed E-state index contributed by atoms with van der Waals surface area (Å²) in [4.78, 5) is 16.2. The van der Waals surface area contributed by atoms with Crippen molar-refractivity contribution in [2.24, 2.45) is 7.05 Å². The summed E-state index contributed by atoms with van der Waals surface area (Å²) < 4.78 is 1.63. The van der Waals surface area contributed by atoms with Crippen molar-refractivity contribution in [3.05, 3.63) is 76.0 Å². The molecule has 3 heteroatoms. The number of benzene rings is 1. The van der Waals surface area contributed by atoms with Gasteiger partial charge in [0, 0.05) is 36.6 Å². The summed E-state index contributed by atoms with van der Waals surface area (Å²) in [6.45, 7) is 4.27. The van der Waals surface area contributed by atoms with Gasteiger partial charge < -0.3 is 4.57 Å². The summed E-state index contributed by atoms with van der Waals surface area (Å²) in [5.41, 5.74) is 3.50. The maximum Gasteiger partial charge on any atom is 0.250 e. The molecule has 0 bridgehead atoms. The lowest BCUT2D eigenvalue weighted by atomic mass is 9.94. The van der Waals surface area contributed by atoms with E-state index in [9.17, 15) is 4.79 Å². The zero-order chi connectivity index (χ0) is 15.7. The van der Waals surface area contributed by atoms with E-state index in [4.69, 9.17) is 0 Å². The molecular weight excluding hydrogens is 272 g/mol. The van der Waals surface area contributed by atoms with Crippen LogP contribution >= 0.6 is 0 Å². The van der Waals surface area contributed by atoms with Crippen LogP contribution in [0.15, 0.2) is 53.6 Å². The van der Waals surface area contributed by atoms with Crippen molar-refractivity contribution in [2.75, 3.05) is 0 Å². The molecule has 0 saturated carbocycles. The molecule has 2 aromatic heterocycles. The highest BCUT2D eigenvalue weighted by atomic mass is 16.1. The van der Waals surface area contributed by atoms with Crippen LogP contribution in [0.25, 0.3) is 10.8 Å². The summed E-state index contributed by atoms with van der Waals surface area (Å²) in [6.07, 6.45) is 4.73. The lowest BCUT2D eigenvalue weighted by Gasteiger charge is -2.14. The van der Waals surface area contributed by atoms with Crippen LogP contribution in [0.4, 0.5) is 0 Å². The van der Waals surface area contributed by atoms with Gasteiger partial charge in [-0.3, -0.25) is 9.78 Å². The normalized spacial score (nSPS) is 12.5. The lowest BCUT2D eigenvalue weighted by Crippen LogP contribution is -2.16. The smallest absolute Gasteiger partial charge is 0.250 e. The van der Waals surface area contributed by atoms with Gasteiger partial charge >= 0.3 is 0 Å².